The number of amides is 1. The van der Waals surface area contributed by atoms with E-state index in [9.17, 15) is 9.18 Å². The monoisotopic (exact) mass is 433 g/mol. The summed E-state index contributed by atoms with van der Waals surface area (Å²) in [7, 11) is 0. The van der Waals surface area contributed by atoms with Gasteiger partial charge in [0.2, 0.25) is 11.7 Å². The first-order valence-electron chi connectivity index (χ1n) is 9.71. The molecule has 1 aromatic carbocycles. The van der Waals surface area contributed by atoms with Crippen molar-refractivity contribution in [2.45, 2.75) is 19.9 Å². The minimum Gasteiger partial charge on any atom is -0.463 e. The van der Waals surface area contributed by atoms with E-state index < -0.39 is 11.9 Å². The van der Waals surface area contributed by atoms with Crippen LogP contribution in [0.15, 0.2) is 62.2 Å². The van der Waals surface area contributed by atoms with Crippen LogP contribution in [0.2, 0.25) is 0 Å². The van der Waals surface area contributed by atoms with E-state index in [1.807, 2.05) is 0 Å². The Balaban J connectivity index is 1.44. The van der Waals surface area contributed by atoms with Gasteiger partial charge in [-0.1, -0.05) is 10.3 Å². The molecule has 1 unspecified atom stereocenters. The lowest BCUT2D eigenvalue weighted by atomic mass is 10.1. The molecule has 0 aliphatic rings. The molecule has 0 spiro atoms. The molecule has 10 heteroatoms. The topological polar surface area (TPSA) is 120 Å². The summed E-state index contributed by atoms with van der Waals surface area (Å²) in [5.74, 6) is 0.229. The molecule has 5 rings (SSSR count). The first-order valence-corrected chi connectivity index (χ1v) is 9.71. The number of pyridine rings is 1. The van der Waals surface area contributed by atoms with E-state index >= 15 is 0 Å². The molecule has 1 N–H and O–H groups in total. The number of fused-ring (bicyclic) bond motifs is 1. The lowest BCUT2D eigenvalue weighted by Gasteiger charge is -2.11. The van der Waals surface area contributed by atoms with Crippen LogP contribution >= 0.6 is 0 Å². The quantitative estimate of drug-likeness (QED) is 0.431. The number of hydrogen-bond acceptors (Lipinski definition) is 8. The third-order valence-electron chi connectivity index (χ3n) is 4.90. The lowest BCUT2D eigenvalue weighted by molar-refractivity contribution is 0.0934. The molecule has 0 bridgehead atoms. The highest BCUT2D eigenvalue weighted by Crippen LogP contribution is 2.28. The number of aromatic nitrogens is 4. The highest BCUT2D eigenvalue weighted by molar-refractivity contribution is 6.07. The zero-order chi connectivity index (χ0) is 22.2. The van der Waals surface area contributed by atoms with Gasteiger partial charge in [-0.25, -0.2) is 9.37 Å². The summed E-state index contributed by atoms with van der Waals surface area (Å²) < 4.78 is 29.1. The second-order valence-corrected chi connectivity index (χ2v) is 7.14. The number of hydrogen-bond donors (Lipinski definition) is 1. The van der Waals surface area contributed by atoms with Gasteiger partial charge in [0.25, 0.3) is 11.6 Å². The van der Waals surface area contributed by atoms with Crippen molar-refractivity contribution in [3.05, 3.63) is 71.7 Å². The van der Waals surface area contributed by atoms with Gasteiger partial charge in [-0.3, -0.25) is 4.79 Å². The van der Waals surface area contributed by atoms with Crippen LogP contribution in [-0.2, 0) is 0 Å². The molecule has 0 fully saturated rings. The maximum atomic E-state index is 13.2. The molecule has 4 heterocycles. The summed E-state index contributed by atoms with van der Waals surface area (Å²) in [6.45, 7) is 3.44. The number of aryl methyl sites for hydroxylation is 1. The molecule has 1 atom stereocenters. The van der Waals surface area contributed by atoms with Crippen LogP contribution in [0.4, 0.5) is 4.39 Å². The van der Waals surface area contributed by atoms with E-state index in [1.54, 1.807) is 44.2 Å². The van der Waals surface area contributed by atoms with Gasteiger partial charge >= 0.3 is 0 Å². The van der Waals surface area contributed by atoms with Crippen LogP contribution < -0.4 is 5.32 Å². The maximum Gasteiger partial charge on any atom is 0.259 e. The molecule has 160 valence electrons. The molecule has 0 saturated carbocycles. The molecule has 0 aliphatic heterocycles. The van der Waals surface area contributed by atoms with E-state index in [0.717, 1.165) is 0 Å². The van der Waals surface area contributed by atoms with E-state index in [0.29, 0.717) is 39.5 Å². The van der Waals surface area contributed by atoms with Gasteiger partial charge in [-0.2, -0.15) is 4.98 Å². The third kappa shape index (κ3) is 3.51. The zero-order valence-electron chi connectivity index (χ0n) is 17.0. The Kier molecular flexibility index (Phi) is 4.74. The number of halogens is 1. The number of rotatable bonds is 5. The number of furan rings is 1. The average molecular weight is 433 g/mol. The van der Waals surface area contributed by atoms with Gasteiger partial charge in [0.15, 0.2) is 5.76 Å². The second kappa shape index (κ2) is 7.73. The fourth-order valence-corrected chi connectivity index (χ4v) is 3.29. The largest absolute Gasteiger partial charge is 0.463 e. The number of nitrogens with zero attached hydrogens (tertiary/aromatic N) is 4. The summed E-state index contributed by atoms with van der Waals surface area (Å²) >= 11 is 0. The highest BCUT2D eigenvalue weighted by atomic mass is 19.1. The Bertz CT molecular complexity index is 1410. The van der Waals surface area contributed by atoms with Gasteiger partial charge < -0.3 is 18.8 Å². The smallest absolute Gasteiger partial charge is 0.259 e. The fourth-order valence-electron chi connectivity index (χ4n) is 3.29. The molecule has 1 amide bonds. The van der Waals surface area contributed by atoms with Crippen LogP contribution in [0.25, 0.3) is 33.9 Å². The first kappa shape index (κ1) is 19.6. The van der Waals surface area contributed by atoms with E-state index in [-0.39, 0.29) is 17.4 Å². The van der Waals surface area contributed by atoms with Crippen LogP contribution in [0.1, 0.15) is 34.9 Å². The first-order chi connectivity index (χ1) is 15.5. The van der Waals surface area contributed by atoms with Crippen molar-refractivity contribution in [1.29, 1.82) is 0 Å². The fraction of sp³-hybridized carbons (Fsp3) is 0.136. The van der Waals surface area contributed by atoms with Crippen molar-refractivity contribution in [3.8, 4) is 22.8 Å². The van der Waals surface area contributed by atoms with Gasteiger partial charge in [-0.05, 0) is 56.3 Å². The van der Waals surface area contributed by atoms with E-state index in [4.69, 9.17) is 13.5 Å². The Morgan fingerprint density at radius 3 is 2.66 bits per heavy atom. The number of carbonyl (C=O) groups is 1. The Labute approximate surface area is 180 Å². The number of benzene rings is 1. The van der Waals surface area contributed by atoms with Gasteiger partial charge in [0, 0.05) is 5.56 Å². The van der Waals surface area contributed by atoms with Crippen molar-refractivity contribution in [1.82, 2.24) is 25.6 Å². The predicted molar refractivity (Wildman–Crippen MR) is 110 cm³/mol. The van der Waals surface area contributed by atoms with Gasteiger partial charge in [0.1, 0.15) is 17.6 Å². The highest BCUT2D eigenvalue weighted by Gasteiger charge is 2.23. The standard InChI is InChI=1S/C22H16FN5O4/c1-11-18-15(10-16(17-4-3-9-30-17)25-22(18)32-27-11)20(29)24-12(2)21-26-19(28-31-21)13-5-7-14(23)8-6-13/h3-10,12H,1-2H3,(H,24,29). The van der Waals surface area contributed by atoms with Gasteiger partial charge in [0.05, 0.1) is 22.9 Å². The van der Waals surface area contributed by atoms with E-state index in [1.165, 1.54) is 18.4 Å². The molecule has 5 aromatic rings. The van der Waals surface area contributed by atoms with Crippen molar-refractivity contribution < 1.29 is 22.6 Å². The molecule has 4 aromatic heterocycles. The summed E-state index contributed by atoms with van der Waals surface area (Å²) in [4.78, 5) is 21.9. The summed E-state index contributed by atoms with van der Waals surface area (Å²) in [5.41, 5.74) is 2.12. The second-order valence-electron chi connectivity index (χ2n) is 7.14. The Morgan fingerprint density at radius 2 is 1.91 bits per heavy atom. The molecule has 9 nitrogen and oxygen atoms in total. The number of carbonyl (C=O) groups excluding carboxylic acids is 1. The lowest BCUT2D eigenvalue weighted by Crippen LogP contribution is -2.27. The predicted octanol–water partition coefficient (Wildman–Crippen LogP) is 4.47. The minimum absolute atomic E-state index is 0.205. The SMILES string of the molecule is Cc1noc2nc(-c3ccco3)cc(C(=O)NC(C)c3nc(-c4ccc(F)cc4)no3)c12. The van der Waals surface area contributed by atoms with Crippen molar-refractivity contribution in [2.24, 2.45) is 0 Å². The number of nitrogens with one attached hydrogen (secondary N) is 1. The molecule has 0 radical (unpaired) electrons. The summed E-state index contributed by atoms with van der Waals surface area (Å²) in [6.07, 6.45) is 1.52. The zero-order valence-corrected chi connectivity index (χ0v) is 17.0. The third-order valence-corrected chi connectivity index (χ3v) is 4.90. The van der Waals surface area contributed by atoms with Crippen molar-refractivity contribution >= 4 is 17.0 Å². The Hall–Kier alpha value is -4.34. The molecule has 32 heavy (non-hydrogen) atoms. The van der Waals surface area contributed by atoms with Gasteiger partial charge in [-0.15, -0.1) is 0 Å². The van der Waals surface area contributed by atoms with Crippen molar-refractivity contribution in [3.63, 3.8) is 0 Å². The summed E-state index contributed by atoms with van der Waals surface area (Å²) in [6, 6.07) is 10.2. The van der Waals surface area contributed by atoms with E-state index in [2.05, 4.69) is 25.6 Å². The van der Waals surface area contributed by atoms with Crippen LogP contribution in [0.5, 0.6) is 0 Å². The normalized spacial score (nSPS) is 12.2. The molecule has 0 aliphatic carbocycles. The van der Waals surface area contributed by atoms with Crippen molar-refractivity contribution in [2.75, 3.05) is 0 Å². The molecular formula is C22H16FN5O4. The average Bonchev–Trinajstić information content (AvgIpc) is 3.55. The minimum atomic E-state index is -0.598. The van der Waals surface area contributed by atoms with Crippen LogP contribution in [0, 0.1) is 12.7 Å². The maximum absolute atomic E-state index is 13.2. The molecule has 0 saturated heterocycles. The Morgan fingerprint density at radius 1 is 1.09 bits per heavy atom. The van der Waals surface area contributed by atoms with Crippen LogP contribution in [-0.4, -0.2) is 26.2 Å². The van der Waals surface area contributed by atoms with Crippen LogP contribution in [0.3, 0.4) is 0 Å². The summed E-state index contributed by atoms with van der Waals surface area (Å²) in [5, 5.41) is 11.2. The molecular weight excluding hydrogens is 417 g/mol.